The van der Waals surface area contributed by atoms with Gasteiger partial charge in [0.1, 0.15) is 0 Å². The SMILES string of the molecule is CNC(=O)NCc1cscc1Cl. The van der Waals surface area contributed by atoms with E-state index < -0.39 is 0 Å². The Hall–Kier alpha value is -0.740. The normalized spacial score (nSPS) is 9.50. The van der Waals surface area contributed by atoms with Gasteiger partial charge in [-0.3, -0.25) is 0 Å². The summed E-state index contributed by atoms with van der Waals surface area (Å²) in [5, 5.41) is 9.56. The third-order valence-corrected chi connectivity index (χ3v) is 2.63. The molecule has 3 nitrogen and oxygen atoms in total. The first-order valence-corrected chi connectivity index (χ1v) is 4.72. The molecule has 0 aliphatic heterocycles. The highest BCUT2D eigenvalue weighted by atomic mass is 35.5. The standard InChI is InChI=1S/C7H9ClN2OS/c1-9-7(11)10-2-5-3-12-4-6(5)8/h3-4H,2H2,1H3,(H2,9,10,11). The van der Waals surface area contributed by atoms with Gasteiger partial charge in [-0.2, -0.15) is 11.3 Å². The summed E-state index contributed by atoms with van der Waals surface area (Å²) in [5.41, 5.74) is 0.949. The number of hydrogen-bond donors (Lipinski definition) is 2. The molecule has 1 rings (SSSR count). The number of thiophene rings is 1. The Morgan fingerprint density at radius 2 is 2.42 bits per heavy atom. The zero-order valence-corrected chi connectivity index (χ0v) is 8.13. The van der Waals surface area contributed by atoms with E-state index in [1.807, 2.05) is 10.8 Å². The summed E-state index contributed by atoms with van der Waals surface area (Å²) in [6, 6.07) is -0.197. The number of amides is 2. The Kier molecular flexibility index (Phi) is 3.37. The van der Waals surface area contributed by atoms with Gasteiger partial charge in [-0.1, -0.05) is 11.6 Å². The number of nitrogens with one attached hydrogen (secondary N) is 2. The highest BCUT2D eigenvalue weighted by Crippen LogP contribution is 2.19. The van der Waals surface area contributed by atoms with Crippen LogP contribution >= 0.6 is 22.9 Å². The van der Waals surface area contributed by atoms with Crippen LogP contribution in [0.1, 0.15) is 5.56 Å². The number of carbonyl (C=O) groups excluding carboxylic acids is 1. The molecule has 1 aromatic heterocycles. The molecule has 2 amide bonds. The van der Waals surface area contributed by atoms with Gasteiger partial charge < -0.3 is 10.6 Å². The molecule has 0 fully saturated rings. The lowest BCUT2D eigenvalue weighted by Gasteiger charge is -2.01. The van der Waals surface area contributed by atoms with Crippen LogP contribution in [0.4, 0.5) is 4.79 Å². The van der Waals surface area contributed by atoms with E-state index in [0.717, 1.165) is 5.56 Å². The second-order valence-corrected chi connectivity index (χ2v) is 3.33. The van der Waals surface area contributed by atoms with Gasteiger partial charge in [0, 0.05) is 24.5 Å². The first-order chi connectivity index (χ1) is 5.74. The monoisotopic (exact) mass is 204 g/mol. The molecule has 5 heteroatoms. The van der Waals surface area contributed by atoms with Gasteiger partial charge in [0.25, 0.3) is 0 Å². The molecular formula is C7H9ClN2OS. The molecule has 0 aliphatic rings. The molecule has 1 heterocycles. The lowest BCUT2D eigenvalue weighted by Crippen LogP contribution is -2.31. The van der Waals surface area contributed by atoms with E-state index in [9.17, 15) is 4.79 Å². The van der Waals surface area contributed by atoms with Crippen LogP contribution in [0.3, 0.4) is 0 Å². The summed E-state index contributed by atoms with van der Waals surface area (Å²) in [5.74, 6) is 0. The topological polar surface area (TPSA) is 41.1 Å². The van der Waals surface area contributed by atoms with Crippen molar-refractivity contribution in [2.24, 2.45) is 0 Å². The summed E-state index contributed by atoms with van der Waals surface area (Å²) < 4.78 is 0. The minimum atomic E-state index is -0.197. The Morgan fingerprint density at radius 1 is 1.67 bits per heavy atom. The molecule has 0 saturated carbocycles. The lowest BCUT2D eigenvalue weighted by molar-refractivity contribution is 0.242. The summed E-state index contributed by atoms with van der Waals surface area (Å²) in [6.07, 6.45) is 0. The Morgan fingerprint density at radius 3 is 2.92 bits per heavy atom. The zero-order chi connectivity index (χ0) is 8.97. The Bertz CT molecular complexity index is 274. The Labute approximate surface area is 79.7 Å². The van der Waals surface area contributed by atoms with Crippen LogP contribution in [0.5, 0.6) is 0 Å². The van der Waals surface area contributed by atoms with Crippen LogP contribution in [-0.4, -0.2) is 13.1 Å². The quantitative estimate of drug-likeness (QED) is 0.759. The molecule has 0 atom stereocenters. The maximum atomic E-state index is 10.8. The first kappa shape index (κ1) is 9.35. The molecule has 0 bridgehead atoms. The van der Waals surface area contributed by atoms with Crippen molar-refractivity contribution < 1.29 is 4.79 Å². The lowest BCUT2D eigenvalue weighted by atomic mass is 10.3. The molecule has 2 N–H and O–H groups in total. The summed E-state index contributed by atoms with van der Waals surface area (Å²) in [7, 11) is 1.57. The molecule has 0 spiro atoms. The van der Waals surface area contributed by atoms with Gasteiger partial charge in [-0.15, -0.1) is 0 Å². The molecule has 1 aromatic rings. The van der Waals surface area contributed by atoms with Crippen molar-refractivity contribution in [3.8, 4) is 0 Å². The fraction of sp³-hybridized carbons (Fsp3) is 0.286. The van der Waals surface area contributed by atoms with Crippen molar-refractivity contribution in [3.63, 3.8) is 0 Å². The van der Waals surface area contributed by atoms with Gasteiger partial charge in [-0.25, -0.2) is 4.79 Å². The van der Waals surface area contributed by atoms with Crippen molar-refractivity contribution in [3.05, 3.63) is 21.3 Å². The van der Waals surface area contributed by atoms with Crippen molar-refractivity contribution >= 4 is 29.0 Å². The van der Waals surface area contributed by atoms with E-state index in [2.05, 4.69) is 10.6 Å². The maximum Gasteiger partial charge on any atom is 0.314 e. The van der Waals surface area contributed by atoms with E-state index in [4.69, 9.17) is 11.6 Å². The Balaban J connectivity index is 2.43. The van der Waals surface area contributed by atoms with Crippen molar-refractivity contribution in [2.45, 2.75) is 6.54 Å². The highest BCUT2D eigenvalue weighted by Gasteiger charge is 2.01. The van der Waals surface area contributed by atoms with Crippen molar-refractivity contribution in [2.75, 3.05) is 7.05 Å². The minimum Gasteiger partial charge on any atom is -0.341 e. The van der Waals surface area contributed by atoms with Crippen LogP contribution in [-0.2, 0) is 6.54 Å². The fourth-order valence-corrected chi connectivity index (χ4v) is 1.75. The average Bonchev–Trinajstić information content (AvgIpc) is 2.47. The van der Waals surface area contributed by atoms with Crippen LogP contribution in [0.15, 0.2) is 10.8 Å². The maximum absolute atomic E-state index is 10.8. The molecule has 0 aromatic carbocycles. The summed E-state index contributed by atoms with van der Waals surface area (Å²) in [4.78, 5) is 10.8. The highest BCUT2D eigenvalue weighted by molar-refractivity contribution is 7.08. The predicted molar refractivity (Wildman–Crippen MR) is 50.6 cm³/mol. The minimum absolute atomic E-state index is 0.197. The smallest absolute Gasteiger partial charge is 0.314 e. The molecule has 0 saturated heterocycles. The predicted octanol–water partition coefficient (Wildman–Crippen LogP) is 1.83. The largest absolute Gasteiger partial charge is 0.341 e. The van der Waals surface area contributed by atoms with E-state index in [-0.39, 0.29) is 6.03 Å². The first-order valence-electron chi connectivity index (χ1n) is 3.40. The van der Waals surface area contributed by atoms with Gasteiger partial charge in [0.2, 0.25) is 0 Å². The van der Waals surface area contributed by atoms with Gasteiger partial charge in [0.05, 0.1) is 5.02 Å². The number of hydrogen-bond acceptors (Lipinski definition) is 2. The summed E-state index contributed by atoms with van der Waals surface area (Å²) >= 11 is 7.33. The van der Waals surface area contributed by atoms with Crippen molar-refractivity contribution in [1.29, 1.82) is 0 Å². The van der Waals surface area contributed by atoms with Crippen LogP contribution in [0, 0.1) is 0 Å². The second kappa shape index (κ2) is 4.33. The zero-order valence-electron chi connectivity index (χ0n) is 6.56. The molecule has 66 valence electrons. The number of rotatable bonds is 2. The summed E-state index contributed by atoms with van der Waals surface area (Å²) in [6.45, 7) is 0.474. The molecule has 12 heavy (non-hydrogen) atoms. The third-order valence-electron chi connectivity index (χ3n) is 1.36. The van der Waals surface area contributed by atoms with Crippen LogP contribution in [0.2, 0.25) is 5.02 Å². The number of urea groups is 1. The van der Waals surface area contributed by atoms with E-state index in [0.29, 0.717) is 11.6 Å². The molecule has 0 radical (unpaired) electrons. The van der Waals surface area contributed by atoms with E-state index in [1.54, 1.807) is 7.05 Å². The van der Waals surface area contributed by atoms with Gasteiger partial charge >= 0.3 is 6.03 Å². The van der Waals surface area contributed by atoms with Gasteiger partial charge in [-0.05, 0) is 5.38 Å². The van der Waals surface area contributed by atoms with Crippen LogP contribution in [0.25, 0.3) is 0 Å². The number of halogens is 1. The fourth-order valence-electron chi connectivity index (χ4n) is 0.698. The molecule has 0 unspecified atom stereocenters. The third kappa shape index (κ3) is 2.39. The number of carbonyl (C=O) groups is 1. The molecule has 0 aliphatic carbocycles. The average molecular weight is 205 g/mol. The van der Waals surface area contributed by atoms with E-state index >= 15 is 0 Å². The van der Waals surface area contributed by atoms with Crippen molar-refractivity contribution in [1.82, 2.24) is 10.6 Å². The van der Waals surface area contributed by atoms with Crippen LogP contribution < -0.4 is 10.6 Å². The second-order valence-electron chi connectivity index (χ2n) is 2.18. The molecular weight excluding hydrogens is 196 g/mol. The van der Waals surface area contributed by atoms with E-state index in [1.165, 1.54) is 11.3 Å². The van der Waals surface area contributed by atoms with Gasteiger partial charge in [0.15, 0.2) is 0 Å².